The van der Waals surface area contributed by atoms with E-state index >= 15 is 0 Å². The average Bonchev–Trinajstić information content (AvgIpc) is 2.32. The Hall–Kier alpha value is -1.06. The van der Waals surface area contributed by atoms with Gasteiger partial charge in [0, 0.05) is 5.69 Å². The molecule has 0 aliphatic carbocycles. The topological polar surface area (TPSA) is 30.5 Å². The van der Waals surface area contributed by atoms with Crippen molar-refractivity contribution in [2.24, 2.45) is 0 Å². The molecule has 1 aliphatic heterocycles. The van der Waals surface area contributed by atoms with Crippen molar-refractivity contribution in [3.05, 3.63) is 29.8 Å². The van der Waals surface area contributed by atoms with Crippen LogP contribution >= 0.6 is 0 Å². The lowest BCUT2D eigenvalue weighted by atomic mass is 10.0. The summed E-state index contributed by atoms with van der Waals surface area (Å²) in [6, 6.07) is 8.65. The van der Waals surface area contributed by atoms with Crippen LogP contribution < -0.4 is 5.32 Å². The van der Waals surface area contributed by atoms with Gasteiger partial charge in [-0.25, -0.2) is 0 Å². The molecule has 1 aliphatic rings. The first-order valence-corrected chi connectivity index (χ1v) is 6.61. The number of benzene rings is 1. The SMILES string of the molecule is CC(C)c1ccccc1NC1COC(C)(C)OC1. The third-order valence-corrected chi connectivity index (χ3v) is 3.21. The second-order valence-electron chi connectivity index (χ2n) is 5.61. The summed E-state index contributed by atoms with van der Waals surface area (Å²) in [5.74, 6) is 0.0611. The maximum Gasteiger partial charge on any atom is 0.162 e. The lowest BCUT2D eigenvalue weighted by Gasteiger charge is -2.36. The number of hydrogen-bond donors (Lipinski definition) is 1. The molecule has 1 aromatic rings. The molecule has 0 amide bonds. The van der Waals surface area contributed by atoms with Crippen LogP contribution in [0.25, 0.3) is 0 Å². The van der Waals surface area contributed by atoms with Crippen molar-refractivity contribution in [1.82, 2.24) is 0 Å². The van der Waals surface area contributed by atoms with E-state index in [1.807, 2.05) is 13.8 Å². The molecule has 1 fully saturated rings. The van der Waals surface area contributed by atoms with E-state index in [0.717, 1.165) is 0 Å². The van der Waals surface area contributed by atoms with Crippen LogP contribution in [0.1, 0.15) is 39.2 Å². The summed E-state index contributed by atoms with van der Waals surface area (Å²) in [4.78, 5) is 0. The van der Waals surface area contributed by atoms with E-state index in [4.69, 9.17) is 9.47 Å². The van der Waals surface area contributed by atoms with E-state index in [-0.39, 0.29) is 6.04 Å². The van der Waals surface area contributed by atoms with Crippen molar-refractivity contribution in [3.63, 3.8) is 0 Å². The van der Waals surface area contributed by atoms with Crippen LogP contribution in [0.2, 0.25) is 0 Å². The van der Waals surface area contributed by atoms with Gasteiger partial charge in [-0.1, -0.05) is 32.0 Å². The first-order valence-electron chi connectivity index (χ1n) is 6.61. The Balaban J connectivity index is 2.02. The summed E-state index contributed by atoms with van der Waals surface area (Å²) in [5, 5.41) is 3.52. The molecule has 1 aromatic carbocycles. The summed E-state index contributed by atoms with van der Waals surface area (Å²) in [5.41, 5.74) is 2.52. The van der Waals surface area contributed by atoms with E-state index < -0.39 is 5.79 Å². The van der Waals surface area contributed by atoms with E-state index in [2.05, 4.69) is 43.4 Å². The van der Waals surface area contributed by atoms with Crippen LogP contribution in [0, 0.1) is 0 Å². The number of hydrogen-bond acceptors (Lipinski definition) is 3. The largest absolute Gasteiger partial charge is 0.377 e. The summed E-state index contributed by atoms with van der Waals surface area (Å²) in [6.07, 6.45) is 0. The van der Waals surface area contributed by atoms with Gasteiger partial charge in [0.15, 0.2) is 5.79 Å². The molecule has 1 saturated heterocycles. The zero-order chi connectivity index (χ0) is 13.2. The molecule has 1 heterocycles. The van der Waals surface area contributed by atoms with Crippen molar-refractivity contribution >= 4 is 5.69 Å². The van der Waals surface area contributed by atoms with Gasteiger partial charge in [-0.05, 0) is 31.4 Å². The summed E-state index contributed by atoms with van der Waals surface area (Å²) in [6.45, 7) is 9.67. The number of nitrogens with one attached hydrogen (secondary N) is 1. The maximum absolute atomic E-state index is 5.67. The molecule has 0 unspecified atom stereocenters. The highest BCUT2D eigenvalue weighted by Gasteiger charge is 2.28. The van der Waals surface area contributed by atoms with E-state index in [9.17, 15) is 0 Å². The number of ether oxygens (including phenoxy) is 2. The number of para-hydroxylation sites is 1. The zero-order valence-electron chi connectivity index (χ0n) is 11.7. The predicted molar refractivity (Wildman–Crippen MR) is 73.9 cm³/mol. The van der Waals surface area contributed by atoms with Crippen LogP contribution in [0.5, 0.6) is 0 Å². The molecule has 1 N–H and O–H groups in total. The van der Waals surface area contributed by atoms with Crippen LogP contribution in [-0.4, -0.2) is 25.0 Å². The van der Waals surface area contributed by atoms with Crippen molar-refractivity contribution in [3.8, 4) is 0 Å². The molecule has 18 heavy (non-hydrogen) atoms. The second-order valence-corrected chi connectivity index (χ2v) is 5.61. The molecule has 0 saturated carbocycles. The molecule has 0 radical (unpaired) electrons. The highest BCUT2D eigenvalue weighted by atomic mass is 16.7. The highest BCUT2D eigenvalue weighted by molar-refractivity contribution is 5.53. The fourth-order valence-corrected chi connectivity index (χ4v) is 2.13. The third kappa shape index (κ3) is 3.24. The Morgan fingerprint density at radius 1 is 1.17 bits per heavy atom. The lowest BCUT2D eigenvalue weighted by molar-refractivity contribution is -0.247. The standard InChI is InChI=1S/C15H23NO2/c1-11(2)13-7-5-6-8-14(13)16-12-9-17-15(3,4)18-10-12/h5-8,11-12,16H,9-10H2,1-4H3. The van der Waals surface area contributed by atoms with Gasteiger partial charge in [0.1, 0.15) is 0 Å². The molecule has 0 atom stereocenters. The summed E-state index contributed by atoms with van der Waals surface area (Å²) >= 11 is 0. The molecule has 3 nitrogen and oxygen atoms in total. The Bertz CT molecular complexity index is 391. The van der Waals surface area contributed by atoms with Gasteiger partial charge in [0.25, 0.3) is 0 Å². The molecule has 100 valence electrons. The Morgan fingerprint density at radius 2 is 1.78 bits per heavy atom. The minimum absolute atomic E-state index is 0.220. The molecule has 0 bridgehead atoms. The Morgan fingerprint density at radius 3 is 2.39 bits per heavy atom. The average molecular weight is 249 g/mol. The molecule has 2 rings (SSSR count). The molecular formula is C15H23NO2. The molecule has 0 aromatic heterocycles. The minimum atomic E-state index is -0.449. The van der Waals surface area contributed by atoms with E-state index in [1.165, 1.54) is 11.3 Å². The summed E-state index contributed by atoms with van der Waals surface area (Å²) in [7, 11) is 0. The van der Waals surface area contributed by atoms with Gasteiger partial charge < -0.3 is 14.8 Å². The van der Waals surface area contributed by atoms with Gasteiger partial charge in [0.05, 0.1) is 19.3 Å². The number of anilines is 1. The fraction of sp³-hybridized carbons (Fsp3) is 0.600. The van der Waals surface area contributed by atoms with Crippen molar-refractivity contribution in [2.45, 2.75) is 45.4 Å². The van der Waals surface area contributed by atoms with Crippen LogP contribution in [0.15, 0.2) is 24.3 Å². The van der Waals surface area contributed by atoms with Crippen molar-refractivity contribution in [2.75, 3.05) is 18.5 Å². The monoisotopic (exact) mass is 249 g/mol. The first kappa shape index (κ1) is 13.4. The van der Waals surface area contributed by atoms with E-state index in [1.54, 1.807) is 0 Å². The van der Waals surface area contributed by atoms with Gasteiger partial charge in [-0.15, -0.1) is 0 Å². The van der Waals surface area contributed by atoms with Crippen molar-refractivity contribution < 1.29 is 9.47 Å². The lowest BCUT2D eigenvalue weighted by Crippen LogP contribution is -2.45. The van der Waals surface area contributed by atoms with Crippen molar-refractivity contribution in [1.29, 1.82) is 0 Å². The smallest absolute Gasteiger partial charge is 0.162 e. The minimum Gasteiger partial charge on any atom is -0.377 e. The normalized spacial score (nSPS) is 20.1. The fourth-order valence-electron chi connectivity index (χ4n) is 2.13. The Labute approximate surface area is 109 Å². The zero-order valence-corrected chi connectivity index (χ0v) is 11.7. The van der Waals surface area contributed by atoms with Gasteiger partial charge >= 0.3 is 0 Å². The quantitative estimate of drug-likeness (QED) is 0.891. The van der Waals surface area contributed by atoms with E-state index in [0.29, 0.717) is 19.1 Å². The van der Waals surface area contributed by atoms with Gasteiger partial charge in [-0.2, -0.15) is 0 Å². The number of rotatable bonds is 3. The van der Waals surface area contributed by atoms with Crippen LogP contribution in [-0.2, 0) is 9.47 Å². The highest BCUT2D eigenvalue weighted by Crippen LogP contribution is 2.26. The van der Waals surface area contributed by atoms with Crippen LogP contribution in [0.4, 0.5) is 5.69 Å². The maximum atomic E-state index is 5.67. The third-order valence-electron chi connectivity index (χ3n) is 3.21. The van der Waals surface area contributed by atoms with Crippen LogP contribution in [0.3, 0.4) is 0 Å². The summed E-state index contributed by atoms with van der Waals surface area (Å²) < 4.78 is 11.3. The molecular weight excluding hydrogens is 226 g/mol. The van der Waals surface area contributed by atoms with Gasteiger partial charge in [0.2, 0.25) is 0 Å². The molecule has 3 heteroatoms. The van der Waals surface area contributed by atoms with Gasteiger partial charge in [-0.3, -0.25) is 0 Å². The first-order chi connectivity index (χ1) is 8.48. The molecule has 0 spiro atoms. The Kier molecular flexibility index (Phi) is 3.93. The second kappa shape index (κ2) is 5.29. The predicted octanol–water partition coefficient (Wildman–Crippen LogP) is 3.37.